The van der Waals surface area contributed by atoms with Gasteiger partial charge in [0.1, 0.15) is 5.75 Å². The Morgan fingerprint density at radius 1 is 0.871 bits per heavy atom. The van der Waals surface area contributed by atoms with E-state index in [1.54, 1.807) is 0 Å². The molecular weight excluding hydrogens is 388 g/mol. The number of carbonyl (C=O) groups is 1. The van der Waals surface area contributed by atoms with E-state index >= 15 is 0 Å². The van der Waals surface area contributed by atoms with E-state index in [0.29, 0.717) is 32.3 Å². The second-order valence-electron chi connectivity index (χ2n) is 9.17. The molecule has 176 valence electrons. The van der Waals surface area contributed by atoms with E-state index in [1.165, 1.54) is 44.9 Å². The molecule has 4 nitrogen and oxygen atoms in total. The number of esters is 1. The highest BCUT2D eigenvalue weighted by atomic mass is 16.5. The Labute approximate surface area is 189 Å². The van der Waals surface area contributed by atoms with Crippen LogP contribution in [0.15, 0.2) is 24.3 Å². The second kappa shape index (κ2) is 14.5. The topological polar surface area (TPSA) is 55.8 Å². The highest BCUT2D eigenvalue weighted by Crippen LogP contribution is 2.40. The summed E-state index contributed by atoms with van der Waals surface area (Å²) in [5, 5.41) is 11.1. The Morgan fingerprint density at radius 2 is 1.42 bits per heavy atom. The summed E-state index contributed by atoms with van der Waals surface area (Å²) >= 11 is 0. The van der Waals surface area contributed by atoms with Gasteiger partial charge in [0.2, 0.25) is 0 Å². The Balaban J connectivity index is 1.69. The molecule has 0 aliphatic heterocycles. The number of carbonyl (C=O) groups excluding carboxylic acids is 1. The molecule has 1 aromatic rings. The van der Waals surface area contributed by atoms with E-state index in [4.69, 9.17) is 9.47 Å². The lowest BCUT2D eigenvalue weighted by Crippen LogP contribution is -2.34. The third kappa shape index (κ3) is 9.22. The van der Waals surface area contributed by atoms with Gasteiger partial charge in [0.05, 0.1) is 24.7 Å². The monoisotopic (exact) mass is 432 g/mol. The van der Waals surface area contributed by atoms with Crippen molar-refractivity contribution in [1.29, 1.82) is 0 Å². The van der Waals surface area contributed by atoms with Crippen molar-refractivity contribution >= 4 is 5.97 Å². The van der Waals surface area contributed by atoms with Crippen LogP contribution in [-0.2, 0) is 15.1 Å². The van der Waals surface area contributed by atoms with Crippen LogP contribution >= 0.6 is 0 Å². The molecule has 1 aromatic carbocycles. The molecule has 1 N–H and O–H groups in total. The zero-order valence-corrected chi connectivity index (χ0v) is 19.9. The van der Waals surface area contributed by atoms with Gasteiger partial charge in [-0.3, -0.25) is 4.79 Å². The molecule has 0 unspecified atom stereocenters. The Kier molecular flexibility index (Phi) is 12.0. The summed E-state index contributed by atoms with van der Waals surface area (Å²) < 4.78 is 11.3. The zero-order valence-electron chi connectivity index (χ0n) is 19.9. The van der Waals surface area contributed by atoms with Crippen LogP contribution in [0.1, 0.15) is 109 Å². The largest absolute Gasteiger partial charge is 0.494 e. The van der Waals surface area contributed by atoms with Crippen LogP contribution < -0.4 is 4.74 Å². The Morgan fingerprint density at radius 3 is 2.06 bits per heavy atom. The molecule has 0 bridgehead atoms. The van der Waals surface area contributed by atoms with Gasteiger partial charge in [0, 0.05) is 0 Å². The average Bonchev–Trinajstić information content (AvgIpc) is 2.79. The first-order valence-corrected chi connectivity index (χ1v) is 12.7. The molecule has 31 heavy (non-hydrogen) atoms. The molecule has 0 radical (unpaired) electrons. The van der Waals surface area contributed by atoms with Crippen molar-refractivity contribution in [3.63, 3.8) is 0 Å². The summed E-state index contributed by atoms with van der Waals surface area (Å²) in [6, 6.07) is 7.87. The van der Waals surface area contributed by atoms with E-state index in [-0.39, 0.29) is 11.9 Å². The minimum atomic E-state index is -0.851. The fraction of sp³-hybridized carbons (Fsp3) is 0.741. The molecule has 0 atom stereocenters. The summed E-state index contributed by atoms with van der Waals surface area (Å²) in [6.45, 7) is 5.68. The maximum atomic E-state index is 12.3. The minimum absolute atomic E-state index is 0.0774. The van der Waals surface area contributed by atoms with E-state index in [9.17, 15) is 9.90 Å². The van der Waals surface area contributed by atoms with Crippen LogP contribution in [0.5, 0.6) is 5.75 Å². The number of benzene rings is 1. The number of hydrogen-bond donors (Lipinski definition) is 1. The first-order chi connectivity index (χ1) is 15.1. The van der Waals surface area contributed by atoms with E-state index in [1.807, 2.05) is 24.3 Å². The smallest absolute Gasteiger partial charge is 0.308 e. The summed E-state index contributed by atoms with van der Waals surface area (Å²) in [5.41, 5.74) is 0.0706. The number of ether oxygens (including phenoxy) is 2. The van der Waals surface area contributed by atoms with Crippen LogP contribution in [0.2, 0.25) is 0 Å². The quantitative estimate of drug-likeness (QED) is 0.241. The SMILES string of the molecule is CCCCCCCCOc1ccc(C2(O)CCC(C(=O)OCCCCCC)CC2)cc1. The van der Waals surface area contributed by atoms with Gasteiger partial charge in [0.15, 0.2) is 0 Å². The summed E-state index contributed by atoms with van der Waals surface area (Å²) in [7, 11) is 0. The fourth-order valence-electron chi connectivity index (χ4n) is 4.37. The molecule has 2 rings (SSSR count). The van der Waals surface area contributed by atoms with Gasteiger partial charge in [-0.1, -0.05) is 77.3 Å². The molecule has 0 saturated heterocycles. The van der Waals surface area contributed by atoms with Gasteiger partial charge < -0.3 is 14.6 Å². The van der Waals surface area contributed by atoms with E-state index in [2.05, 4.69) is 13.8 Å². The molecule has 1 aliphatic carbocycles. The first-order valence-electron chi connectivity index (χ1n) is 12.7. The van der Waals surface area contributed by atoms with Gasteiger partial charge in [0.25, 0.3) is 0 Å². The first kappa shape index (κ1) is 25.7. The molecule has 0 aromatic heterocycles. The fourth-order valence-corrected chi connectivity index (χ4v) is 4.37. The van der Waals surface area contributed by atoms with Crippen LogP contribution in [-0.4, -0.2) is 24.3 Å². The van der Waals surface area contributed by atoms with Crippen molar-refractivity contribution in [2.24, 2.45) is 5.92 Å². The lowest BCUT2D eigenvalue weighted by Gasteiger charge is -2.35. The molecule has 0 spiro atoms. The second-order valence-corrected chi connectivity index (χ2v) is 9.17. The molecule has 1 saturated carbocycles. The van der Waals surface area contributed by atoms with Gasteiger partial charge >= 0.3 is 5.97 Å². The van der Waals surface area contributed by atoms with Crippen LogP contribution in [0.25, 0.3) is 0 Å². The number of unbranched alkanes of at least 4 members (excludes halogenated alkanes) is 8. The van der Waals surface area contributed by atoms with Crippen molar-refractivity contribution in [3.05, 3.63) is 29.8 Å². The molecule has 1 aliphatic rings. The van der Waals surface area contributed by atoms with Crippen LogP contribution in [0.4, 0.5) is 0 Å². The average molecular weight is 433 g/mol. The third-order valence-corrected chi connectivity index (χ3v) is 6.55. The van der Waals surface area contributed by atoms with Crippen molar-refractivity contribution in [3.8, 4) is 5.75 Å². The lowest BCUT2D eigenvalue weighted by molar-refractivity contribution is -0.152. The Hall–Kier alpha value is -1.55. The maximum Gasteiger partial charge on any atom is 0.308 e. The molecule has 0 amide bonds. The van der Waals surface area contributed by atoms with Gasteiger partial charge in [-0.2, -0.15) is 0 Å². The highest BCUT2D eigenvalue weighted by molar-refractivity contribution is 5.72. The highest BCUT2D eigenvalue weighted by Gasteiger charge is 2.37. The third-order valence-electron chi connectivity index (χ3n) is 6.55. The normalized spacial score (nSPS) is 21.1. The summed E-state index contributed by atoms with van der Waals surface area (Å²) in [4.78, 5) is 12.3. The molecule has 4 heteroatoms. The molecule has 1 fully saturated rings. The van der Waals surface area contributed by atoms with Crippen molar-refractivity contribution in [2.75, 3.05) is 13.2 Å². The van der Waals surface area contributed by atoms with Crippen LogP contribution in [0.3, 0.4) is 0 Å². The van der Waals surface area contributed by atoms with Crippen molar-refractivity contribution < 1.29 is 19.4 Å². The maximum absolute atomic E-state index is 12.3. The Bertz CT molecular complexity index is 602. The van der Waals surface area contributed by atoms with Crippen molar-refractivity contribution in [2.45, 2.75) is 109 Å². The van der Waals surface area contributed by atoms with Crippen molar-refractivity contribution in [1.82, 2.24) is 0 Å². The number of hydrogen-bond acceptors (Lipinski definition) is 4. The van der Waals surface area contributed by atoms with Gasteiger partial charge in [-0.05, 0) is 56.2 Å². The predicted molar refractivity (Wildman–Crippen MR) is 126 cm³/mol. The predicted octanol–water partition coefficient (Wildman–Crippen LogP) is 6.93. The standard InChI is InChI=1S/C27H44O4/c1-3-5-7-9-10-12-21-30-25-15-13-24(14-16-25)27(29)19-17-23(18-20-27)26(28)31-22-11-8-6-4-2/h13-16,23,29H,3-12,17-22H2,1-2H3. The van der Waals surface area contributed by atoms with Gasteiger partial charge in [-0.25, -0.2) is 0 Å². The van der Waals surface area contributed by atoms with Gasteiger partial charge in [-0.15, -0.1) is 0 Å². The van der Waals surface area contributed by atoms with E-state index < -0.39 is 5.60 Å². The number of aliphatic hydroxyl groups is 1. The summed E-state index contributed by atoms with van der Waals surface area (Å²) in [6.07, 6.45) is 14.5. The molecular formula is C27H44O4. The lowest BCUT2D eigenvalue weighted by atomic mass is 9.75. The molecule has 0 heterocycles. The van der Waals surface area contributed by atoms with Crippen LogP contribution in [0, 0.1) is 5.92 Å². The summed E-state index contributed by atoms with van der Waals surface area (Å²) in [5.74, 6) is 0.699. The minimum Gasteiger partial charge on any atom is -0.494 e. The zero-order chi connectivity index (χ0) is 22.4. The number of rotatable bonds is 15. The van der Waals surface area contributed by atoms with E-state index in [0.717, 1.165) is 37.2 Å².